The summed E-state index contributed by atoms with van der Waals surface area (Å²) in [7, 11) is 0. The highest BCUT2D eigenvalue weighted by molar-refractivity contribution is 8.14. The number of aliphatic carboxylic acids is 1. The average molecular weight is 483 g/mol. The molecule has 2 unspecified atom stereocenters. The molecule has 1 aliphatic heterocycles. The summed E-state index contributed by atoms with van der Waals surface area (Å²) in [6, 6.07) is 0.151. The lowest BCUT2D eigenvalue weighted by atomic mass is 9.85. The van der Waals surface area contributed by atoms with Gasteiger partial charge in [0.2, 0.25) is 0 Å². The molecule has 0 amide bonds. The molecule has 3 heterocycles. The Balaban J connectivity index is 1.78. The summed E-state index contributed by atoms with van der Waals surface area (Å²) < 4.78 is 6.16. The van der Waals surface area contributed by atoms with Crippen LogP contribution in [0.2, 0.25) is 0 Å². The zero-order chi connectivity index (χ0) is 23.5. The van der Waals surface area contributed by atoms with E-state index in [9.17, 15) is 9.90 Å². The fraction of sp³-hybridized carbons (Fsp3) is 0.500. The minimum Gasteiger partial charge on any atom is -0.479 e. The largest absolute Gasteiger partial charge is 0.479 e. The molecule has 2 aliphatic carbocycles. The fourth-order valence-corrected chi connectivity index (χ4v) is 7.49. The van der Waals surface area contributed by atoms with Gasteiger partial charge < -0.3 is 9.84 Å². The molecule has 174 valence electrons. The number of hydrogen-bond acceptors (Lipinski definition) is 6. The molecule has 0 fully saturated rings. The number of allylic oxidation sites excluding steroid dienone is 2. The monoisotopic (exact) mass is 482 g/mol. The highest BCUT2D eigenvalue weighted by Gasteiger charge is 2.36. The van der Waals surface area contributed by atoms with Crippen LogP contribution in [0.3, 0.4) is 0 Å². The van der Waals surface area contributed by atoms with E-state index >= 15 is 0 Å². The van der Waals surface area contributed by atoms with Gasteiger partial charge in [0.15, 0.2) is 6.10 Å². The maximum atomic E-state index is 12.5. The van der Waals surface area contributed by atoms with Gasteiger partial charge in [0.25, 0.3) is 0 Å². The van der Waals surface area contributed by atoms with Crippen LogP contribution >= 0.6 is 23.1 Å². The van der Waals surface area contributed by atoms with E-state index < -0.39 is 17.7 Å². The van der Waals surface area contributed by atoms with E-state index in [0.29, 0.717) is 5.56 Å². The topological polar surface area (TPSA) is 71.8 Å². The lowest BCUT2D eigenvalue weighted by Gasteiger charge is -2.29. The number of pyridine rings is 1. The standard InChI is InChI=1S/C26H30N2O3S2/c1-13-20(23(25(29)30)31-26(3,4)5)21(15-10-11-17-19(12-15)32-14(2)28-17)22-16-8-6-7-9-18(16)33-24(22)27-13/h10-12,17,19,23H,6-9H2,1-5H3,(H,29,30)/t17?,19?,23-/m0/s1. The molecule has 0 radical (unpaired) electrons. The van der Waals surface area contributed by atoms with Crippen LogP contribution in [-0.4, -0.2) is 38.0 Å². The second-order valence-electron chi connectivity index (χ2n) is 10.0. The Morgan fingerprint density at radius 3 is 2.73 bits per heavy atom. The zero-order valence-electron chi connectivity index (χ0n) is 19.8. The van der Waals surface area contributed by atoms with Gasteiger partial charge in [-0.15, -0.1) is 23.1 Å². The number of nitrogens with zero attached hydrogens (tertiary/aromatic N) is 2. The van der Waals surface area contributed by atoms with Crippen LogP contribution in [0.5, 0.6) is 0 Å². The molecule has 0 spiro atoms. The molecular weight excluding hydrogens is 452 g/mol. The van der Waals surface area contributed by atoms with Crippen LogP contribution in [-0.2, 0) is 22.4 Å². The van der Waals surface area contributed by atoms with E-state index in [1.54, 1.807) is 23.1 Å². The van der Waals surface area contributed by atoms with Gasteiger partial charge >= 0.3 is 5.97 Å². The molecule has 0 bridgehead atoms. The van der Waals surface area contributed by atoms with Crippen molar-refractivity contribution in [3.8, 4) is 0 Å². The third kappa shape index (κ3) is 4.19. The van der Waals surface area contributed by atoms with E-state index in [-0.39, 0.29) is 11.3 Å². The molecule has 0 saturated carbocycles. The highest BCUT2D eigenvalue weighted by Crippen LogP contribution is 2.46. The van der Waals surface area contributed by atoms with Crippen molar-refractivity contribution in [3.63, 3.8) is 0 Å². The van der Waals surface area contributed by atoms with Gasteiger partial charge in [0, 0.05) is 27.1 Å². The first kappa shape index (κ1) is 22.8. The van der Waals surface area contributed by atoms with Crippen molar-refractivity contribution in [2.45, 2.75) is 83.3 Å². The lowest BCUT2D eigenvalue weighted by Crippen LogP contribution is -2.29. The number of thioether (sulfide) groups is 1. The summed E-state index contributed by atoms with van der Waals surface area (Å²) in [5.41, 5.74) is 4.22. The minimum absolute atomic E-state index is 0.151. The Kier molecular flexibility index (Phi) is 5.78. The first-order valence-electron chi connectivity index (χ1n) is 11.6. The van der Waals surface area contributed by atoms with Crippen molar-refractivity contribution in [3.05, 3.63) is 45.5 Å². The summed E-state index contributed by atoms with van der Waals surface area (Å²) >= 11 is 3.56. The van der Waals surface area contributed by atoms with Gasteiger partial charge in [-0.1, -0.05) is 18.2 Å². The summed E-state index contributed by atoms with van der Waals surface area (Å²) in [6.45, 7) is 9.67. The van der Waals surface area contributed by atoms with Crippen LogP contribution < -0.4 is 0 Å². The lowest BCUT2D eigenvalue weighted by molar-refractivity contribution is -0.160. The number of aromatic nitrogens is 1. The van der Waals surface area contributed by atoms with Gasteiger partial charge in [0.05, 0.1) is 21.9 Å². The molecule has 1 N–H and O–H groups in total. The number of aliphatic imine (C=N–C) groups is 1. The quantitative estimate of drug-likeness (QED) is 0.555. The first-order chi connectivity index (χ1) is 15.6. The molecule has 2 aromatic heterocycles. The fourth-order valence-electron chi connectivity index (χ4n) is 5.09. The van der Waals surface area contributed by atoms with Crippen molar-refractivity contribution >= 4 is 49.9 Å². The summed E-state index contributed by atoms with van der Waals surface area (Å²) in [5.74, 6) is -0.979. The number of thiophene rings is 1. The van der Waals surface area contributed by atoms with E-state index in [0.717, 1.165) is 51.4 Å². The molecule has 5 rings (SSSR count). The van der Waals surface area contributed by atoms with Gasteiger partial charge in [0.1, 0.15) is 4.83 Å². The first-order valence-corrected chi connectivity index (χ1v) is 13.3. The van der Waals surface area contributed by atoms with E-state index in [1.165, 1.54) is 16.9 Å². The number of rotatable bonds is 4. The maximum Gasteiger partial charge on any atom is 0.337 e. The van der Waals surface area contributed by atoms with Crippen LogP contribution in [0.25, 0.3) is 15.8 Å². The third-order valence-electron chi connectivity index (χ3n) is 6.37. The molecule has 3 aliphatic rings. The molecular formula is C26H30N2O3S2. The van der Waals surface area contributed by atoms with Crippen molar-refractivity contribution < 1.29 is 14.6 Å². The van der Waals surface area contributed by atoms with E-state index in [1.807, 2.05) is 27.7 Å². The number of carboxylic acid groups (broad SMARTS) is 1. The molecule has 0 aromatic carbocycles. The Labute approximate surface area is 203 Å². The molecule has 33 heavy (non-hydrogen) atoms. The number of hydrogen-bond donors (Lipinski definition) is 1. The number of carbonyl (C=O) groups is 1. The highest BCUT2D eigenvalue weighted by atomic mass is 32.2. The molecule has 5 nitrogen and oxygen atoms in total. The van der Waals surface area contributed by atoms with Crippen LogP contribution in [0.4, 0.5) is 0 Å². The van der Waals surface area contributed by atoms with Crippen molar-refractivity contribution in [2.24, 2.45) is 4.99 Å². The van der Waals surface area contributed by atoms with E-state index in [2.05, 4.69) is 25.2 Å². The normalized spacial score (nSPS) is 23.2. The molecule has 0 saturated heterocycles. The summed E-state index contributed by atoms with van der Waals surface area (Å²) in [4.78, 5) is 24.6. The van der Waals surface area contributed by atoms with Gasteiger partial charge in [-0.3, -0.25) is 4.99 Å². The van der Waals surface area contributed by atoms with Crippen molar-refractivity contribution in [2.75, 3.05) is 0 Å². The smallest absolute Gasteiger partial charge is 0.337 e. The SMILES string of the molecule is CC1=NC2C=CC(c3c([C@H](OC(C)(C)C)C(=O)O)c(C)nc4sc5c(c34)CCCC5)=CC2S1. The number of fused-ring (bicyclic) bond motifs is 4. The molecule has 3 atom stereocenters. The van der Waals surface area contributed by atoms with Gasteiger partial charge in [-0.2, -0.15) is 0 Å². The van der Waals surface area contributed by atoms with Crippen LogP contribution in [0, 0.1) is 6.92 Å². The number of aryl methyl sites for hydroxylation is 3. The molecule has 2 aromatic rings. The second kappa shape index (κ2) is 8.36. The summed E-state index contributed by atoms with van der Waals surface area (Å²) in [6.07, 6.45) is 9.93. The number of carboxylic acids is 1. The van der Waals surface area contributed by atoms with Crippen molar-refractivity contribution in [1.82, 2.24) is 4.98 Å². The zero-order valence-corrected chi connectivity index (χ0v) is 21.4. The molecule has 7 heteroatoms. The predicted octanol–water partition coefficient (Wildman–Crippen LogP) is 6.28. The second-order valence-corrected chi connectivity index (χ2v) is 12.5. The van der Waals surface area contributed by atoms with E-state index in [4.69, 9.17) is 14.7 Å². The average Bonchev–Trinajstić information content (AvgIpc) is 3.28. The maximum absolute atomic E-state index is 12.5. The van der Waals surface area contributed by atoms with Crippen LogP contribution in [0.15, 0.2) is 23.2 Å². The Morgan fingerprint density at radius 1 is 1.24 bits per heavy atom. The Morgan fingerprint density at radius 2 is 2.00 bits per heavy atom. The van der Waals surface area contributed by atoms with Gasteiger partial charge in [-0.05, 0) is 71.4 Å². The van der Waals surface area contributed by atoms with Gasteiger partial charge in [-0.25, -0.2) is 9.78 Å². The minimum atomic E-state index is -1.09. The third-order valence-corrected chi connectivity index (χ3v) is 8.69. The Bertz CT molecular complexity index is 1230. The number of ether oxygens (including phenoxy) is 1. The summed E-state index contributed by atoms with van der Waals surface area (Å²) in [5, 5.41) is 12.7. The predicted molar refractivity (Wildman–Crippen MR) is 138 cm³/mol. The van der Waals surface area contributed by atoms with Crippen molar-refractivity contribution in [1.29, 1.82) is 0 Å². The Hall–Kier alpha value is -1.96. The van der Waals surface area contributed by atoms with Crippen LogP contribution in [0.1, 0.15) is 73.9 Å².